The fourth-order valence-electron chi connectivity index (χ4n) is 1.000. The van der Waals surface area contributed by atoms with Gasteiger partial charge in [0.1, 0.15) is 0 Å². The van der Waals surface area contributed by atoms with Crippen molar-refractivity contribution in [2.75, 3.05) is 5.48 Å². The Bertz CT molecular complexity index is 406. The molecule has 0 aromatic heterocycles. The molecule has 4 N–H and O–H groups in total. The third kappa shape index (κ3) is 2.15. The van der Waals surface area contributed by atoms with Crippen molar-refractivity contribution in [2.24, 2.45) is 0 Å². The Hall–Kier alpha value is -1.01. The van der Waals surface area contributed by atoms with Crippen LogP contribution in [-0.2, 0) is 10.2 Å². The van der Waals surface area contributed by atoms with Crippen LogP contribution in [0.4, 0.5) is 14.5 Å². The topological polar surface area (TPSA) is 89.8 Å². The Labute approximate surface area is 83.5 Å². The van der Waals surface area contributed by atoms with E-state index in [2.05, 4.69) is 0 Å². The van der Waals surface area contributed by atoms with Crippen molar-refractivity contribution < 1.29 is 28.3 Å². The summed E-state index contributed by atoms with van der Waals surface area (Å²) in [5.41, 5.74) is -4.29. The molecule has 5 nitrogen and oxygen atoms in total. The largest absolute Gasteiger partial charge is 0.399 e. The van der Waals surface area contributed by atoms with E-state index in [9.17, 15) is 13.3 Å². The normalized spacial score (nSPS) is 12.6. The molecular formula is C7H8F2NO4P. The summed E-state index contributed by atoms with van der Waals surface area (Å²) >= 11 is 0. The van der Waals surface area contributed by atoms with E-state index in [1.54, 1.807) is 0 Å². The molecule has 1 rings (SSSR count). The van der Waals surface area contributed by atoms with Gasteiger partial charge >= 0.3 is 13.3 Å². The minimum atomic E-state index is -5.62. The molecule has 0 radical (unpaired) electrons. The Balaban J connectivity index is 3.33. The second-order valence-corrected chi connectivity index (χ2v) is 4.39. The lowest BCUT2D eigenvalue weighted by molar-refractivity contribution is 0.0567. The monoisotopic (exact) mass is 239 g/mol. The second-order valence-electron chi connectivity index (χ2n) is 2.74. The van der Waals surface area contributed by atoms with Crippen molar-refractivity contribution in [3.05, 3.63) is 29.8 Å². The van der Waals surface area contributed by atoms with Gasteiger partial charge in [-0.3, -0.25) is 15.3 Å². The molecule has 0 aliphatic rings. The molecule has 0 amide bonds. The molecule has 0 unspecified atom stereocenters. The summed E-state index contributed by atoms with van der Waals surface area (Å²) in [7, 11) is -5.62. The lowest BCUT2D eigenvalue weighted by atomic mass is 10.2. The summed E-state index contributed by atoms with van der Waals surface area (Å²) in [5, 5.41) is 8.51. The number of anilines is 1. The molecule has 84 valence electrons. The molecular weight excluding hydrogens is 231 g/mol. The van der Waals surface area contributed by atoms with Crippen LogP contribution >= 0.6 is 7.60 Å². The molecule has 0 atom stereocenters. The Morgan fingerprint density at radius 1 is 1.27 bits per heavy atom. The maximum atomic E-state index is 13.2. The first kappa shape index (κ1) is 12.1. The van der Waals surface area contributed by atoms with Crippen molar-refractivity contribution in [3.63, 3.8) is 0 Å². The lowest BCUT2D eigenvalue weighted by Gasteiger charge is -2.19. The van der Waals surface area contributed by atoms with Crippen molar-refractivity contribution in [1.29, 1.82) is 0 Å². The number of rotatable bonds is 3. The molecule has 15 heavy (non-hydrogen) atoms. The molecule has 0 fully saturated rings. The molecule has 8 heteroatoms. The number of benzene rings is 1. The van der Waals surface area contributed by atoms with Crippen LogP contribution in [0.5, 0.6) is 0 Å². The first-order valence-electron chi connectivity index (χ1n) is 3.74. The van der Waals surface area contributed by atoms with Crippen LogP contribution < -0.4 is 5.48 Å². The molecule has 0 bridgehead atoms. The summed E-state index contributed by atoms with van der Waals surface area (Å²) in [6.45, 7) is 0. The third-order valence-electron chi connectivity index (χ3n) is 1.74. The molecule has 0 aliphatic carbocycles. The fraction of sp³-hybridized carbons (Fsp3) is 0.143. The first-order chi connectivity index (χ1) is 6.80. The van der Waals surface area contributed by atoms with Gasteiger partial charge < -0.3 is 9.79 Å². The van der Waals surface area contributed by atoms with Gasteiger partial charge in [-0.15, -0.1) is 0 Å². The van der Waals surface area contributed by atoms with Crippen LogP contribution in [0.25, 0.3) is 0 Å². The van der Waals surface area contributed by atoms with Crippen LogP contribution in [0, 0.1) is 0 Å². The fourth-order valence-corrected chi connectivity index (χ4v) is 1.51. The number of nitrogens with one attached hydrogen (secondary N) is 1. The molecule has 0 saturated carbocycles. The molecule has 0 spiro atoms. The molecule has 0 aliphatic heterocycles. The molecule has 1 aromatic carbocycles. The Morgan fingerprint density at radius 3 is 2.27 bits per heavy atom. The first-order valence-corrected chi connectivity index (χ1v) is 5.35. The average molecular weight is 239 g/mol. The van der Waals surface area contributed by atoms with Gasteiger partial charge in [0.25, 0.3) is 0 Å². The van der Waals surface area contributed by atoms with Crippen molar-refractivity contribution in [1.82, 2.24) is 0 Å². The maximum Gasteiger partial charge on any atom is 0.399 e. The number of hydrogen-bond donors (Lipinski definition) is 4. The Kier molecular flexibility index (Phi) is 3.11. The van der Waals surface area contributed by atoms with E-state index in [0.717, 1.165) is 12.1 Å². The van der Waals surface area contributed by atoms with E-state index in [-0.39, 0.29) is 0 Å². The van der Waals surface area contributed by atoms with Crippen LogP contribution in [0.15, 0.2) is 24.3 Å². The SMILES string of the molecule is O=P(O)(O)C(F)(F)c1ccccc1NO. The van der Waals surface area contributed by atoms with Gasteiger partial charge in [-0.25, -0.2) is 0 Å². The maximum absolute atomic E-state index is 13.2. The van der Waals surface area contributed by atoms with Gasteiger partial charge in [-0.2, -0.15) is 8.78 Å². The van der Waals surface area contributed by atoms with E-state index in [0.29, 0.717) is 0 Å². The van der Waals surface area contributed by atoms with Crippen molar-refractivity contribution in [2.45, 2.75) is 5.66 Å². The van der Waals surface area contributed by atoms with Gasteiger partial charge in [-0.1, -0.05) is 18.2 Å². The summed E-state index contributed by atoms with van der Waals surface area (Å²) in [4.78, 5) is 16.9. The molecule has 0 saturated heterocycles. The lowest BCUT2D eigenvalue weighted by Crippen LogP contribution is -2.15. The van der Waals surface area contributed by atoms with Gasteiger partial charge in [-0.05, 0) is 6.07 Å². The number of alkyl halides is 2. The zero-order valence-electron chi connectivity index (χ0n) is 7.26. The highest BCUT2D eigenvalue weighted by Gasteiger charge is 2.51. The zero-order valence-corrected chi connectivity index (χ0v) is 8.16. The highest BCUT2D eigenvalue weighted by atomic mass is 31.2. The van der Waals surface area contributed by atoms with E-state index >= 15 is 0 Å². The minimum Gasteiger partial charge on any atom is -0.320 e. The summed E-state index contributed by atoms with van der Waals surface area (Å²) in [6, 6.07) is 4.40. The van der Waals surface area contributed by atoms with E-state index < -0.39 is 24.5 Å². The van der Waals surface area contributed by atoms with Crippen LogP contribution in [0.3, 0.4) is 0 Å². The summed E-state index contributed by atoms with van der Waals surface area (Å²) in [6.07, 6.45) is 0. The Morgan fingerprint density at radius 2 is 1.80 bits per heavy atom. The van der Waals surface area contributed by atoms with Crippen LogP contribution in [0.1, 0.15) is 5.56 Å². The number of hydrogen-bond acceptors (Lipinski definition) is 3. The standard InChI is InChI=1S/C7H8F2NO4P/c8-7(9,15(12,13)14)5-3-1-2-4-6(5)10-11/h1-4,10-11H,(H2,12,13,14). The summed E-state index contributed by atoms with van der Waals surface area (Å²) < 4.78 is 36.9. The van der Waals surface area contributed by atoms with Gasteiger partial charge in [0.15, 0.2) is 0 Å². The van der Waals surface area contributed by atoms with Gasteiger partial charge in [0.05, 0.1) is 11.3 Å². The van der Waals surface area contributed by atoms with Crippen LogP contribution in [0.2, 0.25) is 0 Å². The zero-order chi connectivity index (χ0) is 11.7. The van der Waals surface area contributed by atoms with E-state index in [1.807, 2.05) is 0 Å². The predicted molar refractivity (Wildman–Crippen MR) is 47.8 cm³/mol. The smallest absolute Gasteiger partial charge is 0.320 e. The van der Waals surface area contributed by atoms with Gasteiger partial charge in [0.2, 0.25) is 0 Å². The van der Waals surface area contributed by atoms with E-state index in [4.69, 9.17) is 15.0 Å². The summed E-state index contributed by atoms with van der Waals surface area (Å²) in [5.74, 6) is 0. The molecule has 1 aromatic rings. The second kappa shape index (κ2) is 3.86. The highest BCUT2D eigenvalue weighted by molar-refractivity contribution is 7.52. The van der Waals surface area contributed by atoms with Crippen molar-refractivity contribution >= 4 is 13.3 Å². The van der Waals surface area contributed by atoms with Crippen LogP contribution in [-0.4, -0.2) is 15.0 Å². The average Bonchev–Trinajstić information content (AvgIpc) is 2.16. The highest BCUT2D eigenvalue weighted by Crippen LogP contribution is 2.60. The predicted octanol–water partition coefficient (Wildman–Crippen LogP) is 1.71. The van der Waals surface area contributed by atoms with Crippen molar-refractivity contribution in [3.8, 4) is 0 Å². The van der Waals surface area contributed by atoms with E-state index in [1.165, 1.54) is 17.6 Å². The molecule has 0 heterocycles. The third-order valence-corrected chi connectivity index (χ3v) is 2.71. The number of para-hydroxylation sites is 1. The van der Waals surface area contributed by atoms with Gasteiger partial charge in [0, 0.05) is 0 Å². The quantitative estimate of drug-likeness (QED) is 0.476. The minimum absolute atomic E-state index is 0.453. The number of halogens is 2.